The van der Waals surface area contributed by atoms with E-state index in [2.05, 4.69) is 5.32 Å². The second kappa shape index (κ2) is 8.09. The number of carbonyl (C=O) groups excluding carboxylic acids is 1. The molecule has 0 aliphatic carbocycles. The summed E-state index contributed by atoms with van der Waals surface area (Å²) in [6.45, 7) is 2.32. The molecule has 0 unspecified atom stereocenters. The van der Waals surface area contributed by atoms with Crippen LogP contribution in [0, 0.1) is 21.4 Å². The highest BCUT2D eigenvalue weighted by Crippen LogP contribution is 2.38. The molecule has 0 aromatic heterocycles. The SMILES string of the molecule is CCOc1ccc(NC(=O)/C(C#N)=C/c2cc3c(cc2[N+](=O)[O-])OCO3)cc1. The molecule has 0 fully saturated rings. The Morgan fingerprint density at radius 1 is 1.32 bits per heavy atom. The van der Waals surface area contributed by atoms with Crippen LogP contribution in [0.15, 0.2) is 42.0 Å². The quantitative estimate of drug-likeness (QED) is 0.352. The number of hydrogen-bond donors (Lipinski definition) is 1. The first-order valence-electron chi connectivity index (χ1n) is 8.26. The number of nitro groups is 1. The highest BCUT2D eigenvalue weighted by atomic mass is 16.7. The summed E-state index contributed by atoms with van der Waals surface area (Å²) in [5, 5.41) is 23.2. The van der Waals surface area contributed by atoms with Gasteiger partial charge in [0.25, 0.3) is 11.6 Å². The van der Waals surface area contributed by atoms with E-state index in [9.17, 15) is 20.2 Å². The second-order valence-corrected chi connectivity index (χ2v) is 5.60. The molecule has 1 aliphatic heterocycles. The van der Waals surface area contributed by atoms with Crippen molar-refractivity contribution < 1.29 is 23.9 Å². The monoisotopic (exact) mass is 381 g/mol. The van der Waals surface area contributed by atoms with Crippen LogP contribution in [0.3, 0.4) is 0 Å². The van der Waals surface area contributed by atoms with Gasteiger partial charge in [0.2, 0.25) is 6.79 Å². The van der Waals surface area contributed by atoms with Crippen molar-refractivity contribution in [2.75, 3.05) is 18.7 Å². The Morgan fingerprint density at radius 3 is 2.61 bits per heavy atom. The zero-order valence-electron chi connectivity index (χ0n) is 14.8. The maximum atomic E-state index is 12.4. The number of hydrogen-bond acceptors (Lipinski definition) is 7. The summed E-state index contributed by atoms with van der Waals surface area (Å²) >= 11 is 0. The molecule has 0 spiro atoms. The molecular weight excluding hydrogens is 366 g/mol. The third-order valence-electron chi connectivity index (χ3n) is 3.81. The molecule has 1 aliphatic rings. The molecule has 0 radical (unpaired) electrons. The number of carbonyl (C=O) groups is 1. The Bertz CT molecular complexity index is 992. The van der Waals surface area contributed by atoms with Crippen molar-refractivity contribution in [1.29, 1.82) is 5.26 Å². The lowest BCUT2D eigenvalue weighted by atomic mass is 10.1. The van der Waals surface area contributed by atoms with Gasteiger partial charge in [-0.3, -0.25) is 14.9 Å². The van der Waals surface area contributed by atoms with E-state index in [1.807, 2.05) is 6.92 Å². The predicted molar refractivity (Wildman–Crippen MR) is 99.1 cm³/mol. The molecule has 0 atom stereocenters. The van der Waals surface area contributed by atoms with E-state index in [0.29, 0.717) is 23.8 Å². The van der Waals surface area contributed by atoms with Gasteiger partial charge in [0.1, 0.15) is 17.4 Å². The Kier molecular flexibility index (Phi) is 5.41. The van der Waals surface area contributed by atoms with Gasteiger partial charge < -0.3 is 19.5 Å². The number of fused-ring (bicyclic) bond motifs is 1. The van der Waals surface area contributed by atoms with Gasteiger partial charge in [0.15, 0.2) is 11.5 Å². The fourth-order valence-corrected chi connectivity index (χ4v) is 2.52. The van der Waals surface area contributed by atoms with Gasteiger partial charge in [0, 0.05) is 5.69 Å². The summed E-state index contributed by atoms with van der Waals surface area (Å²) in [4.78, 5) is 23.1. The third kappa shape index (κ3) is 4.02. The van der Waals surface area contributed by atoms with Crippen molar-refractivity contribution >= 4 is 23.4 Å². The average Bonchev–Trinajstić information content (AvgIpc) is 3.14. The van der Waals surface area contributed by atoms with Crippen LogP contribution in [0.1, 0.15) is 12.5 Å². The topological polar surface area (TPSA) is 124 Å². The average molecular weight is 381 g/mol. The number of benzene rings is 2. The molecule has 9 nitrogen and oxygen atoms in total. The molecule has 0 saturated heterocycles. The molecule has 142 valence electrons. The second-order valence-electron chi connectivity index (χ2n) is 5.60. The van der Waals surface area contributed by atoms with E-state index in [1.165, 1.54) is 12.1 Å². The molecule has 0 bridgehead atoms. The van der Waals surface area contributed by atoms with E-state index < -0.39 is 10.8 Å². The van der Waals surface area contributed by atoms with Gasteiger partial charge in [-0.2, -0.15) is 5.26 Å². The fraction of sp³-hybridized carbons (Fsp3) is 0.158. The Hall–Kier alpha value is -4.06. The summed E-state index contributed by atoms with van der Waals surface area (Å²) < 4.78 is 15.7. The van der Waals surface area contributed by atoms with Crippen molar-refractivity contribution in [2.45, 2.75) is 6.92 Å². The van der Waals surface area contributed by atoms with Crippen molar-refractivity contribution in [3.05, 3.63) is 57.6 Å². The van der Waals surface area contributed by atoms with Gasteiger partial charge in [-0.1, -0.05) is 0 Å². The van der Waals surface area contributed by atoms with Crippen LogP contribution in [0.4, 0.5) is 11.4 Å². The van der Waals surface area contributed by atoms with Crippen molar-refractivity contribution in [3.63, 3.8) is 0 Å². The van der Waals surface area contributed by atoms with Gasteiger partial charge >= 0.3 is 0 Å². The first-order chi connectivity index (χ1) is 13.5. The van der Waals surface area contributed by atoms with Crippen LogP contribution in [0.2, 0.25) is 0 Å². The Morgan fingerprint density at radius 2 is 2.00 bits per heavy atom. The molecule has 1 heterocycles. The van der Waals surface area contributed by atoms with Crippen LogP contribution in [-0.2, 0) is 4.79 Å². The number of nitro benzene ring substituents is 1. The highest BCUT2D eigenvalue weighted by molar-refractivity contribution is 6.10. The minimum atomic E-state index is -0.696. The van der Waals surface area contributed by atoms with E-state index in [0.717, 1.165) is 6.08 Å². The maximum Gasteiger partial charge on any atom is 0.280 e. The van der Waals surface area contributed by atoms with E-state index in [4.69, 9.17) is 14.2 Å². The molecule has 3 rings (SSSR count). The molecule has 1 N–H and O–H groups in total. The lowest BCUT2D eigenvalue weighted by Crippen LogP contribution is -2.13. The van der Waals surface area contributed by atoms with Crippen molar-refractivity contribution in [1.82, 2.24) is 0 Å². The smallest absolute Gasteiger partial charge is 0.280 e. The van der Waals surface area contributed by atoms with E-state index >= 15 is 0 Å². The van der Waals surface area contributed by atoms with Crippen LogP contribution >= 0.6 is 0 Å². The zero-order chi connectivity index (χ0) is 20.1. The first kappa shape index (κ1) is 18.7. The molecule has 28 heavy (non-hydrogen) atoms. The summed E-state index contributed by atoms with van der Waals surface area (Å²) in [7, 11) is 0. The van der Waals surface area contributed by atoms with Crippen LogP contribution < -0.4 is 19.5 Å². The number of nitrogens with one attached hydrogen (secondary N) is 1. The molecule has 9 heteroatoms. The highest BCUT2D eigenvalue weighted by Gasteiger charge is 2.23. The summed E-state index contributed by atoms with van der Waals surface area (Å²) in [6.07, 6.45) is 1.14. The lowest BCUT2D eigenvalue weighted by molar-refractivity contribution is -0.385. The lowest BCUT2D eigenvalue weighted by Gasteiger charge is -2.07. The van der Waals surface area contributed by atoms with Crippen LogP contribution in [0.25, 0.3) is 6.08 Å². The summed E-state index contributed by atoms with van der Waals surface area (Å²) in [5.74, 6) is 0.494. The zero-order valence-corrected chi connectivity index (χ0v) is 14.8. The third-order valence-corrected chi connectivity index (χ3v) is 3.81. The van der Waals surface area contributed by atoms with Gasteiger partial charge in [-0.15, -0.1) is 0 Å². The Labute approximate surface area is 159 Å². The number of nitrogens with zero attached hydrogens (tertiary/aromatic N) is 2. The van der Waals surface area contributed by atoms with Gasteiger partial charge in [-0.25, -0.2) is 0 Å². The molecule has 0 saturated carbocycles. The van der Waals surface area contributed by atoms with E-state index in [-0.39, 0.29) is 29.4 Å². The number of ether oxygens (including phenoxy) is 3. The summed E-state index contributed by atoms with van der Waals surface area (Å²) in [5.41, 5.74) is -0.0795. The van der Waals surface area contributed by atoms with Gasteiger partial charge in [-0.05, 0) is 43.3 Å². The number of amides is 1. The summed E-state index contributed by atoms with van der Waals surface area (Å²) in [6, 6.07) is 10.9. The number of nitriles is 1. The largest absolute Gasteiger partial charge is 0.494 e. The number of rotatable bonds is 6. The number of anilines is 1. The predicted octanol–water partition coefficient (Wildman–Crippen LogP) is 3.27. The van der Waals surface area contributed by atoms with E-state index in [1.54, 1.807) is 30.3 Å². The minimum Gasteiger partial charge on any atom is -0.494 e. The van der Waals surface area contributed by atoms with Crippen LogP contribution in [0.5, 0.6) is 17.2 Å². The molecule has 2 aromatic carbocycles. The van der Waals surface area contributed by atoms with Crippen molar-refractivity contribution in [2.24, 2.45) is 0 Å². The standard InChI is InChI=1S/C19H15N3O6/c1-2-26-15-5-3-14(4-6-15)21-19(23)13(10-20)7-12-8-17-18(28-11-27-17)9-16(12)22(24)25/h3-9H,2,11H2,1H3,(H,21,23)/b13-7+. The van der Waals surface area contributed by atoms with Crippen LogP contribution in [-0.4, -0.2) is 24.2 Å². The Balaban J connectivity index is 1.86. The molecular formula is C19H15N3O6. The van der Waals surface area contributed by atoms with Crippen molar-refractivity contribution in [3.8, 4) is 23.3 Å². The normalized spacial score (nSPS) is 12.2. The van der Waals surface area contributed by atoms with Gasteiger partial charge in [0.05, 0.1) is 23.2 Å². The maximum absolute atomic E-state index is 12.4. The fourth-order valence-electron chi connectivity index (χ4n) is 2.52. The minimum absolute atomic E-state index is 0.0526. The molecule has 1 amide bonds. The molecule has 2 aromatic rings. The first-order valence-corrected chi connectivity index (χ1v) is 8.26.